The summed E-state index contributed by atoms with van der Waals surface area (Å²) in [6.07, 6.45) is 1.85. The molecule has 0 N–H and O–H groups in total. The fourth-order valence-corrected chi connectivity index (χ4v) is 1.99. The van der Waals surface area contributed by atoms with Gasteiger partial charge in [0.25, 0.3) is 0 Å². The van der Waals surface area contributed by atoms with Gasteiger partial charge in [0, 0.05) is 5.56 Å². The van der Waals surface area contributed by atoms with Gasteiger partial charge in [-0.05, 0) is 42.3 Å². The molecule has 0 unspecified atom stereocenters. The van der Waals surface area contributed by atoms with Gasteiger partial charge in [-0.1, -0.05) is 30.9 Å². The Morgan fingerprint density at radius 1 is 1.17 bits per heavy atom. The second-order valence-electron chi connectivity index (χ2n) is 4.26. The Bertz CT molecular complexity index is 692. The molecule has 0 aliphatic carbocycles. The number of aryl methyl sites for hydroxylation is 1. The van der Waals surface area contributed by atoms with Gasteiger partial charge in [0.05, 0.1) is 0 Å². The van der Waals surface area contributed by atoms with E-state index >= 15 is 0 Å². The lowest BCUT2D eigenvalue weighted by molar-refractivity contribution is 0.620. The molecule has 0 saturated heterocycles. The highest BCUT2D eigenvalue weighted by atomic mass is 16.3. The van der Waals surface area contributed by atoms with Crippen molar-refractivity contribution in [2.24, 2.45) is 0 Å². The van der Waals surface area contributed by atoms with Crippen LogP contribution in [0.25, 0.3) is 28.6 Å². The maximum absolute atomic E-state index is 5.75. The molecule has 0 amide bonds. The minimum Gasteiger partial charge on any atom is -0.436 e. The number of hydrogen-bond donors (Lipinski definition) is 0. The summed E-state index contributed by atoms with van der Waals surface area (Å²) in [4.78, 5) is 4.49. The zero-order chi connectivity index (χ0) is 12.5. The molecule has 88 valence electrons. The van der Waals surface area contributed by atoms with E-state index in [-0.39, 0.29) is 0 Å². The quantitative estimate of drug-likeness (QED) is 0.656. The van der Waals surface area contributed by atoms with Crippen LogP contribution >= 0.6 is 0 Å². The molecule has 0 radical (unpaired) electrons. The van der Waals surface area contributed by atoms with Crippen molar-refractivity contribution in [3.8, 4) is 11.5 Å². The molecule has 18 heavy (non-hydrogen) atoms. The lowest BCUT2D eigenvalue weighted by Crippen LogP contribution is -1.83. The largest absolute Gasteiger partial charge is 0.436 e. The van der Waals surface area contributed by atoms with Gasteiger partial charge in [-0.15, -0.1) is 0 Å². The Labute approximate surface area is 106 Å². The van der Waals surface area contributed by atoms with Crippen molar-refractivity contribution < 1.29 is 4.42 Å². The summed E-state index contributed by atoms with van der Waals surface area (Å²) >= 11 is 0. The highest BCUT2D eigenvalue weighted by Crippen LogP contribution is 2.26. The number of oxazole rings is 1. The van der Waals surface area contributed by atoms with Gasteiger partial charge in [-0.2, -0.15) is 0 Å². The number of para-hydroxylation sites is 2. The molecule has 0 spiro atoms. The lowest BCUT2D eigenvalue weighted by atomic mass is 10.1. The smallest absolute Gasteiger partial charge is 0.227 e. The molecular formula is C16H13NO. The van der Waals surface area contributed by atoms with Crippen LogP contribution in [-0.2, 0) is 0 Å². The van der Waals surface area contributed by atoms with E-state index in [1.807, 2.05) is 42.5 Å². The zero-order valence-corrected chi connectivity index (χ0v) is 10.2. The summed E-state index contributed by atoms with van der Waals surface area (Å²) in [5.74, 6) is 0.652. The SMILES string of the molecule is C=Cc1cc(-c2nc3ccccc3o2)ccc1C. The second-order valence-corrected chi connectivity index (χ2v) is 4.26. The summed E-state index contributed by atoms with van der Waals surface area (Å²) in [6, 6.07) is 13.9. The van der Waals surface area contributed by atoms with E-state index in [2.05, 4.69) is 24.6 Å². The highest BCUT2D eigenvalue weighted by molar-refractivity contribution is 5.76. The van der Waals surface area contributed by atoms with E-state index in [1.165, 1.54) is 5.56 Å². The van der Waals surface area contributed by atoms with Crippen molar-refractivity contribution in [3.63, 3.8) is 0 Å². The molecule has 0 aliphatic heterocycles. The number of aromatic nitrogens is 1. The summed E-state index contributed by atoms with van der Waals surface area (Å²) in [7, 11) is 0. The molecule has 0 saturated carbocycles. The molecule has 2 aromatic carbocycles. The summed E-state index contributed by atoms with van der Waals surface area (Å²) in [6.45, 7) is 5.88. The van der Waals surface area contributed by atoms with Gasteiger partial charge in [-0.3, -0.25) is 0 Å². The average molecular weight is 235 g/mol. The van der Waals surface area contributed by atoms with Crippen LogP contribution in [0.15, 0.2) is 53.5 Å². The molecule has 1 aromatic heterocycles. The Morgan fingerprint density at radius 2 is 2.00 bits per heavy atom. The highest BCUT2D eigenvalue weighted by Gasteiger charge is 2.08. The van der Waals surface area contributed by atoms with Crippen LogP contribution in [0, 0.1) is 6.92 Å². The van der Waals surface area contributed by atoms with Crippen molar-refractivity contribution in [1.82, 2.24) is 4.98 Å². The van der Waals surface area contributed by atoms with E-state index in [1.54, 1.807) is 0 Å². The molecule has 1 heterocycles. The fraction of sp³-hybridized carbons (Fsp3) is 0.0625. The summed E-state index contributed by atoms with van der Waals surface area (Å²) < 4.78 is 5.75. The lowest BCUT2D eigenvalue weighted by Gasteiger charge is -2.01. The monoisotopic (exact) mass is 235 g/mol. The standard InChI is InChI=1S/C16H13NO/c1-3-12-10-13(9-8-11(12)2)16-17-14-6-4-5-7-15(14)18-16/h3-10H,1H2,2H3. The Kier molecular flexibility index (Phi) is 2.49. The van der Waals surface area contributed by atoms with Crippen LogP contribution in [0.3, 0.4) is 0 Å². The van der Waals surface area contributed by atoms with Gasteiger partial charge in [0.15, 0.2) is 5.58 Å². The maximum Gasteiger partial charge on any atom is 0.227 e. The second kappa shape index (κ2) is 4.15. The minimum atomic E-state index is 0.652. The molecule has 3 rings (SSSR count). The van der Waals surface area contributed by atoms with Crippen molar-refractivity contribution in [2.45, 2.75) is 6.92 Å². The Hall–Kier alpha value is -2.35. The van der Waals surface area contributed by atoms with Crippen LogP contribution in [0.2, 0.25) is 0 Å². The molecule has 0 aliphatic rings. The number of fused-ring (bicyclic) bond motifs is 1. The molecule has 0 bridgehead atoms. The average Bonchev–Trinajstić information content (AvgIpc) is 2.83. The van der Waals surface area contributed by atoms with E-state index in [4.69, 9.17) is 4.42 Å². The van der Waals surface area contributed by atoms with Gasteiger partial charge < -0.3 is 4.42 Å². The van der Waals surface area contributed by atoms with E-state index in [9.17, 15) is 0 Å². The third-order valence-electron chi connectivity index (χ3n) is 3.04. The van der Waals surface area contributed by atoms with Crippen molar-refractivity contribution in [3.05, 3.63) is 60.2 Å². The van der Waals surface area contributed by atoms with Crippen LogP contribution in [0.4, 0.5) is 0 Å². The Balaban J connectivity index is 2.16. The number of hydrogen-bond acceptors (Lipinski definition) is 2. The molecule has 2 heteroatoms. The van der Waals surface area contributed by atoms with E-state index < -0.39 is 0 Å². The number of rotatable bonds is 2. The van der Waals surface area contributed by atoms with Crippen LogP contribution < -0.4 is 0 Å². The van der Waals surface area contributed by atoms with E-state index in [0.29, 0.717) is 5.89 Å². The van der Waals surface area contributed by atoms with Crippen LogP contribution in [-0.4, -0.2) is 4.98 Å². The van der Waals surface area contributed by atoms with E-state index in [0.717, 1.165) is 22.2 Å². The first-order valence-electron chi connectivity index (χ1n) is 5.87. The predicted molar refractivity (Wildman–Crippen MR) is 74.3 cm³/mol. The molecule has 0 atom stereocenters. The minimum absolute atomic E-state index is 0.652. The van der Waals surface area contributed by atoms with Crippen LogP contribution in [0.1, 0.15) is 11.1 Å². The summed E-state index contributed by atoms with van der Waals surface area (Å²) in [5.41, 5.74) is 4.98. The van der Waals surface area contributed by atoms with Gasteiger partial charge in [0.2, 0.25) is 5.89 Å². The molecule has 2 nitrogen and oxygen atoms in total. The molecule has 0 fully saturated rings. The Morgan fingerprint density at radius 3 is 2.78 bits per heavy atom. The first-order valence-corrected chi connectivity index (χ1v) is 5.87. The van der Waals surface area contributed by atoms with Crippen LogP contribution in [0.5, 0.6) is 0 Å². The van der Waals surface area contributed by atoms with Crippen molar-refractivity contribution in [1.29, 1.82) is 0 Å². The van der Waals surface area contributed by atoms with Gasteiger partial charge in [-0.25, -0.2) is 4.98 Å². The van der Waals surface area contributed by atoms with Crippen molar-refractivity contribution in [2.75, 3.05) is 0 Å². The number of nitrogens with zero attached hydrogens (tertiary/aromatic N) is 1. The zero-order valence-electron chi connectivity index (χ0n) is 10.2. The van der Waals surface area contributed by atoms with Gasteiger partial charge >= 0.3 is 0 Å². The summed E-state index contributed by atoms with van der Waals surface area (Å²) in [5, 5.41) is 0. The number of benzene rings is 2. The normalized spacial score (nSPS) is 10.7. The molecular weight excluding hydrogens is 222 g/mol. The maximum atomic E-state index is 5.75. The van der Waals surface area contributed by atoms with Gasteiger partial charge in [0.1, 0.15) is 5.52 Å². The predicted octanol–water partition coefficient (Wildman–Crippen LogP) is 4.45. The first-order chi connectivity index (χ1) is 8.78. The molecule has 3 aromatic rings. The third kappa shape index (κ3) is 1.72. The first kappa shape index (κ1) is 10.8. The topological polar surface area (TPSA) is 26.0 Å². The van der Waals surface area contributed by atoms with Crippen molar-refractivity contribution >= 4 is 17.2 Å². The fourth-order valence-electron chi connectivity index (χ4n) is 1.99. The third-order valence-corrected chi connectivity index (χ3v) is 3.04.